The number of ether oxygens (including phenoxy) is 1. The van der Waals surface area contributed by atoms with Crippen molar-refractivity contribution >= 4 is 17.7 Å². The first-order valence-corrected chi connectivity index (χ1v) is 10.9. The first kappa shape index (κ1) is 19.4. The summed E-state index contributed by atoms with van der Waals surface area (Å²) >= 11 is 1.98. The molecule has 150 valence electrons. The van der Waals surface area contributed by atoms with Crippen LogP contribution in [0.3, 0.4) is 0 Å². The largest absolute Gasteiger partial charge is 0.370 e. The van der Waals surface area contributed by atoms with Crippen LogP contribution >= 0.6 is 11.8 Å². The van der Waals surface area contributed by atoms with E-state index in [1.165, 1.54) is 5.75 Å². The quantitative estimate of drug-likeness (QED) is 0.732. The van der Waals surface area contributed by atoms with Crippen molar-refractivity contribution in [2.24, 2.45) is 7.05 Å². The second-order valence-corrected chi connectivity index (χ2v) is 8.68. The zero-order chi connectivity index (χ0) is 19.3. The van der Waals surface area contributed by atoms with E-state index in [0.29, 0.717) is 32.3 Å². The molecular formula is C20H27N5O2S. The third-order valence-corrected chi connectivity index (χ3v) is 6.49. The summed E-state index contributed by atoms with van der Waals surface area (Å²) in [6, 6.07) is 4.42. The molecule has 2 aromatic heterocycles. The third-order valence-electron chi connectivity index (χ3n) is 5.34. The van der Waals surface area contributed by atoms with Crippen LogP contribution in [0.5, 0.6) is 0 Å². The number of carbonyl (C=O) groups excluding carboxylic acids is 1. The lowest BCUT2D eigenvalue weighted by molar-refractivity contribution is -0.132. The maximum atomic E-state index is 13.0. The summed E-state index contributed by atoms with van der Waals surface area (Å²) in [5.74, 6) is 2.46. The average Bonchev–Trinajstić information content (AvgIpc) is 3.34. The molecule has 2 aromatic rings. The molecule has 4 rings (SSSR count). The average molecular weight is 402 g/mol. The highest BCUT2D eigenvalue weighted by molar-refractivity contribution is 7.99. The molecule has 1 amide bonds. The van der Waals surface area contributed by atoms with Gasteiger partial charge in [-0.15, -0.1) is 0 Å². The van der Waals surface area contributed by atoms with Gasteiger partial charge in [0.1, 0.15) is 0 Å². The fraction of sp³-hybridized carbons (Fsp3) is 0.550. The molecule has 2 aliphatic heterocycles. The van der Waals surface area contributed by atoms with E-state index in [0.717, 1.165) is 29.8 Å². The predicted octanol–water partition coefficient (Wildman–Crippen LogP) is 1.55. The molecule has 2 aliphatic rings. The van der Waals surface area contributed by atoms with Gasteiger partial charge in [-0.2, -0.15) is 16.9 Å². The van der Waals surface area contributed by atoms with Gasteiger partial charge < -0.3 is 9.64 Å². The smallest absolute Gasteiger partial charge is 0.237 e. The number of thioether (sulfide) groups is 1. The molecule has 0 spiro atoms. The monoisotopic (exact) mass is 401 g/mol. The van der Waals surface area contributed by atoms with Gasteiger partial charge in [0.15, 0.2) is 0 Å². The number of nitrogens with zero attached hydrogens (tertiary/aromatic N) is 5. The number of pyridine rings is 1. The van der Waals surface area contributed by atoms with E-state index in [4.69, 9.17) is 4.74 Å². The van der Waals surface area contributed by atoms with Gasteiger partial charge in [-0.3, -0.25) is 19.4 Å². The van der Waals surface area contributed by atoms with E-state index < -0.39 is 0 Å². The van der Waals surface area contributed by atoms with Crippen LogP contribution in [0.2, 0.25) is 0 Å². The van der Waals surface area contributed by atoms with Crippen LogP contribution in [-0.2, 0) is 29.7 Å². The Morgan fingerprint density at radius 3 is 2.82 bits per heavy atom. The number of carbonyl (C=O) groups is 1. The van der Waals surface area contributed by atoms with Crippen molar-refractivity contribution in [2.75, 3.05) is 31.1 Å². The molecule has 0 N–H and O–H groups in total. The van der Waals surface area contributed by atoms with E-state index >= 15 is 0 Å². The third kappa shape index (κ3) is 4.92. The molecule has 0 aromatic carbocycles. The van der Waals surface area contributed by atoms with Crippen molar-refractivity contribution in [3.05, 3.63) is 48.0 Å². The van der Waals surface area contributed by atoms with Crippen molar-refractivity contribution in [1.29, 1.82) is 0 Å². The zero-order valence-corrected chi connectivity index (χ0v) is 17.1. The minimum Gasteiger partial charge on any atom is -0.370 e. The lowest BCUT2D eigenvalue weighted by Crippen LogP contribution is -2.42. The fourth-order valence-electron chi connectivity index (χ4n) is 3.82. The van der Waals surface area contributed by atoms with Crippen LogP contribution in [0.25, 0.3) is 0 Å². The van der Waals surface area contributed by atoms with Gasteiger partial charge >= 0.3 is 0 Å². The van der Waals surface area contributed by atoms with Crippen LogP contribution in [0.1, 0.15) is 17.5 Å². The number of hydrogen-bond donors (Lipinski definition) is 0. The van der Waals surface area contributed by atoms with Gasteiger partial charge in [0.05, 0.1) is 25.5 Å². The van der Waals surface area contributed by atoms with Gasteiger partial charge in [-0.05, 0) is 29.9 Å². The second kappa shape index (κ2) is 9.07. The molecule has 0 aliphatic carbocycles. The van der Waals surface area contributed by atoms with Crippen LogP contribution in [0, 0.1) is 0 Å². The van der Waals surface area contributed by atoms with Crippen molar-refractivity contribution < 1.29 is 9.53 Å². The highest BCUT2D eigenvalue weighted by Crippen LogP contribution is 2.24. The number of aryl methyl sites for hydroxylation is 1. The lowest BCUT2D eigenvalue weighted by atomic mass is 10.2. The maximum Gasteiger partial charge on any atom is 0.237 e. The minimum atomic E-state index is -0.0121. The molecule has 0 saturated carbocycles. The van der Waals surface area contributed by atoms with Crippen molar-refractivity contribution in [3.63, 3.8) is 0 Å². The van der Waals surface area contributed by atoms with Crippen LogP contribution < -0.4 is 0 Å². The first-order valence-electron chi connectivity index (χ1n) is 9.75. The standard InChI is InChI=1S/C20H27N5O2S/c1-23-9-17(8-22-23)10-25-12-19(27-14-16-2-5-21-6-3-16)11-24(13-20(25)26)18-4-7-28-15-18/h2-3,5-6,8-9,18-19H,4,7,10-15H2,1H3. The van der Waals surface area contributed by atoms with Crippen molar-refractivity contribution in [2.45, 2.75) is 31.7 Å². The van der Waals surface area contributed by atoms with E-state index in [1.807, 2.05) is 48.2 Å². The molecule has 2 unspecified atom stereocenters. The molecule has 8 heteroatoms. The molecule has 2 fully saturated rings. The summed E-state index contributed by atoms with van der Waals surface area (Å²) in [6.07, 6.45) is 8.50. The summed E-state index contributed by atoms with van der Waals surface area (Å²) < 4.78 is 8.04. The Morgan fingerprint density at radius 2 is 2.11 bits per heavy atom. The van der Waals surface area contributed by atoms with E-state index in [2.05, 4.69) is 15.0 Å². The molecule has 7 nitrogen and oxygen atoms in total. The zero-order valence-electron chi connectivity index (χ0n) is 16.2. The van der Waals surface area contributed by atoms with Gasteiger partial charge in [-0.1, -0.05) is 0 Å². The number of hydrogen-bond acceptors (Lipinski definition) is 6. The Morgan fingerprint density at radius 1 is 1.25 bits per heavy atom. The summed E-state index contributed by atoms with van der Waals surface area (Å²) in [4.78, 5) is 21.3. The predicted molar refractivity (Wildman–Crippen MR) is 109 cm³/mol. The Labute approximate surface area is 170 Å². The highest BCUT2D eigenvalue weighted by atomic mass is 32.2. The Hall–Kier alpha value is -1.90. The van der Waals surface area contributed by atoms with Gasteiger partial charge in [-0.25, -0.2) is 0 Å². The topological polar surface area (TPSA) is 63.5 Å². The SMILES string of the molecule is Cn1cc(CN2CC(OCc3ccncc3)CN(C3CCSC3)CC2=O)cn1. The summed E-state index contributed by atoms with van der Waals surface area (Å²) in [5.41, 5.74) is 2.15. The molecule has 28 heavy (non-hydrogen) atoms. The second-order valence-electron chi connectivity index (χ2n) is 7.53. The minimum absolute atomic E-state index is 0.0121. The van der Waals surface area contributed by atoms with Crippen LogP contribution in [-0.4, -0.2) is 73.8 Å². The van der Waals surface area contributed by atoms with E-state index in [9.17, 15) is 4.79 Å². The Bertz CT molecular complexity index is 778. The van der Waals surface area contributed by atoms with Gasteiger partial charge in [0.25, 0.3) is 0 Å². The Balaban J connectivity index is 1.47. The van der Waals surface area contributed by atoms with Crippen LogP contribution in [0.4, 0.5) is 0 Å². The van der Waals surface area contributed by atoms with E-state index in [-0.39, 0.29) is 12.0 Å². The van der Waals surface area contributed by atoms with E-state index in [1.54, 1.807) is 17.1 Å². The number of amides is 1. The molecule has 2 atom stereocenters. The van der Waals surface area contributed by atoms with Gasteiger partial charge in [0.2, 0.25) is 5.91 Å². The number of rotatable bonds is 6. The lowest BCUT2D eigenvalue weighted by Gasteiger charge is -2.28. The summed E-state index contributed by atoms with van der Waals surface area (Å²) in [5, 5.41) is 4.23. The van der Waals surface area contributed by atoms with Crippen molar-refractivity contribution in [1.82, 2.24) is 24.6 Å². The fourth-order valence-corrected chi connectivity index (χ4v) is 5.07. The molecule has 2 saturated heterocycles. The van der Waals surface area contributed by atoms with Gasteiger partial charge in [0, 0.05) is 62.6 Å². The molecule has 0 radical (unpaired) electrons. The summed E-state index contributed by atoms with van der Waals surface area (Å²) in [7, 11) is 1.90. The van der Waals surface area contributed by atoms with Crippen LogP contribution in [0.15, 0.2) is 36.9 Å². The summed E-state index contributed by atoms with van der Waals surface area (Å²) in [6.45, 7) is 2.99. The highest BCUT2D eigenvalue weighted by Gasteiger charge is 2.33. The van der Waals surface area contributed by atoms with Crippen molar-refractivity contribution in [3.8, 4) is 0 Å². The molecule has 4 heterocycles. The first-order chi connectivity index (χ1) is 13.7. The molecular weight excluding hydrogens is 374 g/mol. The molecule has 0 bridgehead atoms. The Kier molecular flexibility index (Phi) is 6.29. The normalized spacial score (nSPS) is 23.9. The maximum absolute atomic E-state index is 13.0. The number of aromatic nitrogens is 3.